The van der Waals surface area contributed by atoms with Gasteiger partial charge in [-0.3, -0.25) is 0 Å². The molecule has 1 aliphatic carbocycles. The predicted octanol–water partition coefficient (Wildman–Crippen LogP) is 1.93. The van der Waals surface area contributed by atoms with Crippen molar-refractivity contribution >= 4 is 5.97 Å². The van der Waals surface area contributed by atoms with Crippen LogP contribution in [0.25, 0.3) is 0 Å². The first kappa shape index (κ1) is 8.60. The van der Waals surface area contributed by atoms with Crippen LogP contribution in [0, 0.1) is 5.92 Å². The summed E-state index contributed by atoms with van der Waals surface area (Å²) in [5.41, 5.74) is 0. The van der Waals surface area contributed by atoms with Crippen LogP contribution in [-0.4, -0.2) is 17.2 Å². The van der Waals surface area contributed by atoms with Crippen molar-refractivity contribution in [1.82, 2.24) is 0 Å². The van der Waals surface area contributed by atoms with Gasteiger partial charge < -0.3 is 9.84 Å². The molecule has 0 radical (unpaired) electrons. The lowest BCUT2D eigenvalue weighted by molar-refractivity contribution is -0.144. The van der Waals surface area contributed by atoms with Crippen LogP contribution in [0.15, 0.2) is 11.8 Å². The van der Waals surface area contributed by atoms with E-state index in [-0.39, 0.29) is 11.9 Å². The molecule has 0 saturated heterocycles. The van der Waals surface area contributed by atoms with E-state index in [2.05, 4.69) is 0 Å². The summed E-state index contributed by atoms with van der Waals surface area (Å²) in [6.07, 6.45) is 7.34. The molecule has 0 aromatic rings. The van der Waals surface area contributed by atoms with Gasteiger partial charge in [-0.15, -0.1) is 0 Å². The molecule has 0 aromatic heterocycles. The number of esters is 1. The number of cyclic esters (lactones) is 1. The third-order valence-electron chi connectivity index (χ3n) is 2.89. The zero-order valence-corrected chi connectivity index (χ0v) is 7.53. The Labute approximate surface area is 77.4 Å². The molecule has 1 fully saturated rings. The molecule has 0 amide bonds. The predicted molar refractivity (Wildman–Crippen MR) is 47.2 cm³/mol. The number of rotatable bonds is 1. The van der Waals surface area contributed by atoms with Crippen molar-refractivity contribution in [1.29, 1.82) is 0 Å². The van der Waals surface area contributed by atoms with Gasteiger partial charge in [-0.05, 0) is 18.8 Å². The lowest BCUT2D eigenvalue weighted by Gasteiger charge is -2.24. The average molecular weight is 182 g/mol. The Morgan fingerprint density at radius 2 is 2.00 bits per heavy atom. The molecule has 2 aliphatic rings. The summed E-state index contributed by atoms with van der Waals surface area (Å²) < 4.78 is 5.03. The van der Waals surface area contributed by atoms with Crippen molar-refractivity contribution < 1.29 is 14.6 Å². The largest absolute Gasteiger partial charge is 0.502 e. The first-order chi connectivity index (χ1) is 6.27. The molecule has 1 N–H and O–H groups in total. The second-order valence-corrected chi connectivity index (χ2v) is 3.82. The van der Waals surface area contributed by atoms with Crippen LogP contribution in [0.4, 0.5) is 0 Å². The molecule has 0 spiro atoms. The van der Waals surface area contributed by atoms with Crippen LogP contribution >= 0.6 is 0 Å². The summed E-state index contributed by atoms with van der Waals surface area (Å²) in [4.78, 5) is 10.9. The minimum atomic E-state index is -0.560. The van der Waals surface area contributed by atoms with Gasteiger partial charge in [-0.25, -0.2) is 4.79 Å². The number of carbonyl (C=O) groups excluding carboxylic acids is 1. The topological polar surface area (TPSA) is 46.5 Å². The number of hydrogen-bond acceptors (Lipinski definition) is 3. The highest BCUT2D eigenvalue weighted by atomic mass is 16.6. The summed E-state index contributed by atoms with van der Waals surface area (Å²) in [6.45, 7) is 0. The highest BCUT2D eigenvalue weighted by Crippen LogP contribution is 2.31. The Morgan fingerprint density at radius 3 is 2.54 bits per heavy atom. The molecule has 1 heterocycles. The second kappa shape index (κ2) is 3.40. The summed E-state index contributed by atoms with van der Waals surface area (Å²) in [5.74, 6) is -0.339. The maximum atomic E-state index is 10.9. The Morgan fingerprint density at radius 1 is 1.31 bits per heavy atom. The highest BCUT2D eigenvalue weighted by Gasteiger charge is 2.32. The maximum Gasteiger partial charge on any atom is 0.373 e. The zero-order chi connectivity index (χ0) is 9.26. The Hall–Kier alpha value is -0.990. The lowest BCUT2D eigenvalue weighted by atomic mass is 9.85. The van der Waals surface area contributed by atoms with Gasteiger partial charge in [0.2, 0.25) is 5.76 Å². The molecule has 3 nitrogen and oxygen atoms in total. The summed E-state index contributed by atoms with van der Waals surface area (Å²) in [5, 5.41) is 9.09. The molecule has 0 unspecified atom stereocenters. The number of carbonyl (C=O) groups is 1. The van der Waals surface area contributed by atoms with Gasteiger partial charge >= 0.3 is 5.97 Å². The van der Waals surface area contributed by atoms with Crippen LogP contribution < -0.4 is 0 Å². The van der Waals surface area contributed by atoms with Crippen molar-refractivity contribution in [3.8, 4) is 0 Å². The number of aliphatic hydroxyl groups excluding tert-OH is 1. The highest BCUT2D eigenvalue weighted by molar-refractivity contribution is 5.88. The zero-order valence-electron chi connectivity index (χ0n) is 7.53. The van der Waals surface area contributed by atoms with Crippen molar-refractivity contribution in [2.45, 2.75) is 38.2 Å². The first-order valence-corrected chi connectivity index (χ1v) is 4.89. The lowest BCUT2D eigenvalue weighted by Crippen LogP contribution is -2.22. The van der Waals surface area contributed by atoms with E-state index in [9.17, 15) is 4.79 Å². The molecule has 1 saturated carbocycles. The summed E-state index contributed by atoms with van der Waals surface area (Å²) in [7, 11) is 0. The van der Waals surface area contributed by atoms with Crippen LogP contribution in [0.5, 0.6) is 0 Å². The van der Waals surface area contributed by atoms with Gasteiger partial charge in [0.25, 0.3) is 0 Å². The minimum Gasteiger partial charge on any atom is -0.502 e. The fraction of sp³-hybridized carbons (Fsp3) is 0.700. The normalized spacial score (nSPS) is 30.0. The van der Waals surface area contributed by atoms with E-state index in [1.54, 1.807) is 6.08 Å². The maximum absolute atomic E-state index is 10.9. The molecular weight excluding hydrogens is 168 g/mol. The van der Waals surface area contributed by atoms with Crippen LogP contribution in [0.1, 0.15) is 32.1 Å². The molecule has 0 bridgehead atoms. The standard InChI is InChI=1S/C10H14O3/c11-8-6-9(13-10(8)12)7-4-2-1-3-5-7/h6-7,9,11H,1-5H2/t9-/m0/s1. The van der Waals surface area contributed by atoms with E-state index in [1.165, 1.54) is 19.3 Å². The minimum absolute atomic E-state index is 0.159. The van der Waals surface area contributed by atoms with Gasteiger partial charge in [-0.1, -0.05) is 19.3 Å². The van der Waals surface area contributed by atoms with Crippen LogP contribution in [-0.2, 0) is 9.53 Å². The third kappa shape index (κ3) is 1.69. The third-order valence-corrected chi connectivity index (χ3v) is 2.89. The average Bonchev–Trinajstić information content (AvgIpc) is 2.49. The second-order valence-electron chi connectivity index (χ2n) is 3.82. The van der Waals surface area contributed by atoms with E-state index >= 15 is 0 Å². The molecule has 3 heteroatoms. The van der Waals surface area contributed by atoms with E-state index in [0.29, 0.717) is 5.92 Å². The number of ether oxygens (including phenoxy) is 1. The van der Waals surface area contributed by atoms with Crippen molar-refractivity contribution in [3.63, 3.8) is 0 Å². The van der Waals surface area contributed by atoms with E-state index in [1.807, 2.05) is 0 Å². The number of hydrogen-bond donors (Lipinski definition) is 1. The Balaban J connectivity index is 1.98. The van der Waals surface area contributed by atoms with Gasteiger partial charge in [0.05, 0.1) is 0 Å². The smallest absolute Gasteiger partial charge is 0.373 e. The molecule has 1 aliphatic heterocycles. The van der Waals surface area contributed by atoms with Gasteiger partial charge in [0.1, 0.15) is 6.10 Å². The monoisotopic (exact) mass is 182 g/mol. The molecule has 1 atom stereocenters. The SMILES string of the molecule is O=C1O[C@H](C2CCCCC2)C=C1O. The quantitative estimate of drug-likeness (QED) is 0.630. The number of aliphatic hydroxyl groups is 1. The fourth-order valence-corrected chi connectivity index (χ4v) is 2.14. The van der Waals surface area contributed by atoms with E-state index in [0.717, 1.165) is 12.8 Å². The molecule has 72 valence electrons. The fourth-order valence-electron chi connectivity index (χ4n) is 2.14. The van der Waals surface area contributed by atoms with Gasteiger partial charge in [-0.2, -0.15) is 0 Å². The van der Waals surface area contributed by atoms with E-state index < -0.39 is 5.97 Å². The Kier molecular flexibility index (Phi) is 2.25. The molecule has 0 aromatic carbocycles. The first-order valence-electron chi connectivity index (χ1n) is 4.89. The van der Waals surface area contributed by atoms with Crippen molar-refractivity contribution in [2.75, 3.05) is 0 Å². The summed E-state index contributed by atoms with van der Waals surface area (Å²) >= 11 is 0. The van der Waals surface area contributed by atoms with Gasteiger partial charge in [0.15, 0.2) is 0 Å². The summed E-state index contributed by atoms with van der Waals surface area (Å²) in [6, 6.07) is 0. The van der Waals surface area contributed by atoms with Crippen LogP contribution in [0.3, 0.4) is 0 Å². The van der Waals surface area contributed by atoms with Gasteiger partial charge in [0, 0.05) is 6.08 Å². The molecule has 13 heavy (non-hydrogen) atoms. The molecule has 2 rings (SSSR count). The van der Waals surface area contributed by atoms with E-state index in [4.69, 9.17) is 9.84 Å². The van der Waals surface area contributed by atoms with Crippen LogP contribution in [0.2, 0.25) is 0 Å². The van der Waals surface area contributed by atoms with Crippen molar-refractivity contribution in [3.05, 3.63) is 11.8 Å². The van der Waals surface area contributed by atoms with Crippen molar-refractivity contribution in [2.24, 2.45) is 5.92 Å². The molecular formula is C10H14O3. The Bertz CT molecular complexity index is 239.